The largest absolute Gasteiger partial charge is 0.475 e. The molecule has 3 N–H and O–H groups in total. The number of aliphatic imine (C=N–C) groups is 1. The summed E-state index contributed by atoms with van der Waals surface area (Å²) in [5, 5.41) is 20.5. The second-order valence-corrected chi connectivity index (χ2v) is 12.5. The van der Waals surface area contributed by atoms with Gasteiger partial charge in [-0.05, 0) is 83.2 Å². The Balaban J connectivity index is 1.33. The average Bonchev–Trinajstić information content (AvgIpc) is 3.77. The molecule has 3 aromatic rings. The van der Waals surface area contributed by atoms with E-state index in [0.717, 1.165) is 60.3 Å². The Morgan fingerprint density at radius 1 is 1.09 bits per heavy atom. The molecule has 5 rings (SSSR count). The number of carbonyl (C=O) groups excluding carboxylic acids is 1. The van der Waals surface area contributed by atoms with Crippen LogP contribution in [0.4, 0.5) is 4.79 Å². The molecule has 2 amide bonds. The summed E-state index contributed by atoms with van der Waals surface area (Å²) < 4.78 is 6.27. The second kappa shape index (κ2) is 13.5. The van der Waals surface area contributed by atoms with Crippen LogP contribution in [0.1, 0.15) is 61.3 Å². The van der Waals surface area contributed by atoms with Gasteiger partial charge in [-0.15, -0.1) is 10.1 Å². The van der Waals surface area contributed by atoms with E-state index in [4.69, 9.17) is 4.74 Å². The number of ether oxygens (including phenoxy) is 1. The summed E-state index contributed by atoms with van der Waals surface area (Å²) in [6.07, 6.45) is 5.78. The number of hydrogen-bond donors (Lipinski definition) is 3. The number of aryl methyl sites for hydroxylation is 2. The van der Waals surface area contributed by atoms with Crippen LogP contribution in [0.2, 0.25) is 0 Å². The number of nitrogens with one attached hydrogen (secondary N) is 2. The van der Waals surface area contributed by atoms with Gasteiger partial charge in [-0.25, -0.2) is 4.79 Å². The molecule has 11 nitrogen and oxygen atoms in total. The van der Waals surface area contributed by atoms with Gasteiger partial charge in [0.1, 0.15) is 6.61 Å². The van der Waals surface area contributed by atoms with Crippen LogP contribution in [0.25, 0.3) is 11.3 Å². The Labute approximate surface area is 258 Å². The first-order valence-corrected chi connectivity index (χ1v) is 15.4. The quantitative estimate of drug-likeness (QED) is 0.236. The summed E-state index contributed by atoms with van der Waals surface area (Å²) >= 11 is 0. The zero-order valence-electron chi connectivity index (χ0n) is 26.1. The van der Waals surface area contributed by atoms with E-state index in [0.29, 0.717) is 37.9 Å². The molecule has 234 valence electrons. The fourth-order valence-electron chi connectivity index (χ4n) is 6.19. The first-order valence-electron chi connectivity index (χ1n) is 15.4. The third kappa shape index (κ3) is 7.38. The molecule has 11 heteroatoms. The van der Waals surface area contributed by atoms with Crippen LogP contribution in [-0.4, -0.2) is 87.4 Å². The molecule has 1 unspecified atom stereocenters. The Kier molecular flexibility index (Phi) is 9.51. The highest BCUT2D eigenvalue weighted by atomic mass is 16.5. The molecule has 44 heavy (non-hydrogen) atoms. The second-order valence-electron chi connectivity index (χ2n) is 12.5. The van der Waals surface area contributed by atoms with Gasteiger partial charge in [-0.1, -0.05) is 17.2 Å². The first kappa shape index (κ1) is 31.0. The van der Waals surface area contributed by atoms with Crippen molar-refractivity contribution in [2.24, 2.45) is 10.4 Å². The molecule has 2 saturated heterocycles. The number of H-pyrrole nitrogens is 1. The van der Waals surface area contributed by atoms with Crippen LogP contribution in [0.5, 0.6) is 5.88 Å². The third-order valence-corrected chi connectivity index (χ3v) is 8.41. The topological polar surface area (TPSA) is 136 Å². The van der Waals surface area contributed by atoms with Crippen LogP contribution in [0.15, 0.2) is 47.7 Å². The van der Waals surface area contributed by atoms with E-state index in [-0.39, 0.29) is 18.4 Å². The van der Waals surface area contributed by atoms with Gasteiger partial charge in [0.25, 0.3) is 0 Å². The van der Waals surface area contributed by atoms with E-state index >= 15 is 0 Å². The number of guanidine groups is 1. The molecule has 4 heterocycles. The number of amides is 2. The number of aromatic nitrogens is 3. The SMILES string of the molecule is Cc1cc(C)cc(-c2[nH]nc(OCC(C)(C)C(=O)N3CCCC3)c2CCN/C(=N/C(=O)O)N2CCC(c3ccncc3)C2)c1. The number of likely N-dealkylation sites (tertiary alicyclic amines) is 2. The normalized spacial score (nSPS) is 17.3. The Hall–Kier alpha value is -4.41. The van der Waals surface area contributed by atoms with Crippen molar-refractivity contribution in [1.82, 2.24) is 30.3 Å². The lowest BCUT2D eigenvalue weighted by Gasteiger charge is -2.28. The van der Waals surface area contributed by atoms with E-state index in [1.165, 1.54) is 5.56 Å². The number of carbonyl (C=O) groups is 2. The molecule has 1 aromatic carbocycles. The number of pyridine rings is 1. The maximum absolute atomic E-state index is 13.2. The molecule has 2 aliphatic rings. The summed E-state index contributed by atoms with van der Waals surface area (Å²) in [5.74, 6) is 1.15. The maximum atomic E-state index is 13.2. The zero-order valence-corrected chi connectivity index (χ0v) is 26.1. The number of aromatic amines is 1. The van der Waals surface area contributed by atoms with Gasteiger partial charge in [0.2, 0.25) is 17.7 Å². The van der Waals surface area contributed by atoms with E-state index in [1.54, 1.807) is 12.4 Å². The van der Waals surface area contributed by atoms with Crippen LogP contribution in [0.3, 0.4) is 0 Å². The maximum Gasteiger partial charge on any atom is 0.434 e. The Morgan fingerprint density at radius 2 is 1.80 bits per heavy atom. The molecule has 2 aromatic heterocycles. The van der Waals surface area contributed by atoms with Crippen molar-refractivity contribution in [3.8, 4) is 17.1 Å². The van der Waals surface area contributed by atoms with Crippen LogP contribution in [-0.2, 0) is 11.2 Å². The molecule has 1 atom stereocenters. The minimum Gasteiger partial charge on any atom is -0.475 e. The average molecular weight is 602 g/mol. The van der Waals surface area contributed by atoms with Gasteiger partial charge < -0.3 is 25.0 Å². The van der Waals surface area contributed by atoms with E-state index in [1.807, 2.05) is 35.8 Å². The van der Waals surface area contributed by atoms with E-state index in [9.17, 15) is 14.7 Å². The van der Waals surface area contributed by atoms with E-state index < -0.39 is 11.5 Å². The van der Waals surface area contributed by atoms with Gasteiger partial charge in [0, 0.05) is 62.2 Å². The smallest absolute Gasteiger partial charge is 0.434 e. The fourth-order valence-corrected chi connectivity index (χ4v) is 6.19. The van der Waals surface area contributed by atoms with Gasteiger partial charge in [0.05, 0.1) is 11.1 Å². The first-order chi connectivity index (χ1) is 21.1. The number of rotatable bonds is 9. The highest BCUT2D eigenvalue weighted by Gasteiger charge is 2.35. The summed E-state index contributed by atoms with van der Waals surface area (Å²) in [6, 6.07) is 10.3. The highest BCUT2D eigenvalue weighted by molar-refractivity contribution is 5.89. The van der Waals surface area contributed by atoms with Gasteiger partial charge in [0.15, 0.2) is 0 Å². The van der Waals surface area contributed by atoms with Crippen molar-refractivity contribution in [1.29, 1.82) is 0 Å². The lowest BCUT2D eigenvalue weighted by Crippen LogP contribution is -2.42. The Bertz CT molecular complexity index is 1470. The summed E-state index contributed by atoms with van der Waals surface area (Å²) in [7, 11) is 0. The fraction of sp³-hybridized carbons (Fsp3) is 0.485. The molecular formula is C33H43N7O4. The predicted molar refractivity (Wildman–Crippen MR) is 169 cm³/mol. The van der Waals surface area contributed by atoms with Crippen LogP contribution < -0.4 is 10.1 Å². The molecule has 2 fully saturated rings. The minimum absolute atomic E-state index is 0.0912. The van der Waals surface area contributed by atoms with Gasteiger partial charge >= 0.3 is 6.09 Å². The highest BCUT2D eigenvalue weighted by Crippen LogP contribution is 2.32. The Morgan fingerprint density at radius 3 is 2.48 bits per heavy atom. The van der Waals surface area contributed by atoms with Crippen molar-refractivity contribution in [2.75, 3.05) is 39.3 Å². The van der Waals surface area contributed by atoms with Crippen molar-refractivity contribution < 1.29 is 19.4 Å². The summed E-state index contributed by atoms with van der Waals surface area (Å²) in [4.78, 5) is 36.8. The van der Waals surface area contributed by atoms with Crippen LogP contribution >= 0.6 is 0 Å². The lowest BCUT2D eigenvalue weighted by molar-refractivity contribution is -0.140. The lowest BCUT2D eigenvalue weighted by atomic mass is 9.93. The number of carboxylic acid groups (broad SMARTS) is 1. The molecule has 0 saturated carbocycles. The molecule has 2 aliphatic heterocycles. The number of benzene rings is 1. The van der Waals surface area contributed by atoms with Crippen molar-refractivity contribution in [3.05, 3.63) is 65.0 Å². The predicted octanol–water partition coefficient (Wildman–Crippen LogP) is 4.77. The summed E-state index contributed by atoms with van der Waals surface area (Å²) in [6.45, 7) is 11.5. The van der Waals surface area contributed by atoms with Crippen molar-refractivity contribution >= 4 is 18.0 Å². The van der Waals surface area contributed by atoms with Gasteiger partial charge in [-0.2, -0.15) is 0 Å². The molecule has 0 aliphatic carbocycles. The van der Waals surface area contributed by atoms with Gasteiger partial charge in [-0.3, -0.25) is 14.9 Å². The zero-order chi connectivity index (χ0) is 31.3. The molecule has 0 spiro atoms. The third-order valence-electron chi connectivity index (χ3n) is 8.41. The van der Waals surface area contributed by atoms with Crippen LogP contribution in [0, 0.1) is 19.3 Å². The summed E-state index contributed by atoms with van der Waals surface area (Å²) in [5.41, 5.74) is 5.43. The standard InChI is InChI=1S/C33H43N7O4/c1-22-17-23(2)19-26(18-22)28-27(29(38-37-28)44-21-33(3,4)30(41)39-14-5-6-15-39)9-13-35-31(36-32(42)43)40-16-10-25(20-40)24-7-11-34-12-8-24/h7-8,11-12,17-19,25H,5-6,9-10,13-16,20-21H2,1-4H3,(H,35,36)(H,37,38)(H,42,43). The van der Waals surface area contributed by atoms with Crippen molar-refractivity contribution in [3.63, 3.8) is 0 Å². The van der Waals surface area contributed by atoms with Crippen molar-refractivity contribution in [2.45, 2.75) is 59.3 Å². The molecule has 0 bridgehead atoms. The number of hydrogen-bond acceptors (Lipinski definition) is 5. The van der Waals surface area contributed by atoms with E-state index in [2.05, 4.69) is 57.5 Å². The molecule has 0 radical (unpaired) electrons. The monoisotopic (exact) mass is 601 g/mol. The minimum atomic E-state index is -1.24. The molecular weight excluding hydrogens is 558 g/mol. The number of nitrogens with zero attached hydrogens (tertiary/aromatic N) is 5.